The normalized spacial score (nSPS) is 17.2. The van der Waals surface area contributed by atoms with Crippen molar-refractivity contribution in [2.45, 2.75) is 20.3 Å². The van der Waals surface area contributed by atoms with E-state index >= 15 is 0 Å². The summed E-state index contributed by atoms with van der Waals surface area (Å²) in [6.07, 6.45) is 0.649. The maximum atomic E-state index is 12.8. The minimum absolute atomic E-state index is 0.0695. The van der Waals surface area contributed by atoms with Gasteiger partial charge in [-0.25, -0.2) is 17.7 Å². The molecule has 1 fully saturated rings. The Morgan fingerprint density at radius 1 is 1.25 bits per heavy atom. The van der Waals surface area contributed by atoms with Crippen LogP contribution in [0.15, 0.2) is 18.2 Å². The highest BCUT2D eigenvalue weighted by atomic mass is 32.2. The third-order valence-corrected chi connectivity index (χ3v) is 6.23. The number of fused-ring (bicyclic) bond motifs is 1. The Balaban J connectivity index is 1.76. The molecule has 0 radical (unpaired) electrons. The van der Waals surface area contributed by atoms with Gasteiger partial charge in [-0.3, -0.25) is 4.79 Å². The maximum absolute atomic E-state index is 12.8. The number of H-pyrrole nitrogens is 1. The predicted octanol–water partition coefficient (Wildman–Crippen LogP) is 1.37. The first-order valence-corrected chi connectivity index (χ1v) is 9.75. The monoisotopic (exact) mass is 350 g/mol. The van der Waals surface area contributed by atoms with Crippen LogP contribution in [0.5, 0.6) is 0 Å². The van der Waals surface area contributed by atoms with E-state index in [0.717, 1.165) is 16.9 Å². The van der Waals surface area contributed by atoms with Crippen LogP contribution < -0.4 is 0 Å². The molecule has 7 nitrogen and oxygen atoms in total. The molecule has 0 unspecified atom stereocenters. The number of carbonyl (C=O) groups is 1. The third kappa shape index (κ3) is 3.29. The van der Waals surface area contributed by atoms with Gasteiger partial charge in [0.05, 0.1) is 16.8 Å². The number of imidazole rings is 1. The van der Waals surface area contributed by atoms with Crippen LogP contribution in [0.2, 0.25) is 0 Å². The molecule has 1 saturated heterocycles. The smallest absolute Gasteiger partial charge is 0.253 e. The fourth-order valence-corrected chi connectivity index (χ4v) is 4.14. The SMILES string of the molecule is CCS(=O)(=O)N1CCCN(C(=O)c2ccc3nc(C)[nH]c3c2)CC1. The van der Waals surface area contributed by atoms with Gasteiger partial charge in [0.25, 0.3) is 5.91 Å². The van der Waals surface area contributed by atoms with Gasteiger partial charge < -0.3 is 9.88 Å². The van der Waals surface area contributed by atoms with Crippen molar-refractivity contribution < 1.29 is 13.2 Å². The number of aromatic amines is 1. The van der Waals surface area contributed by atoms with E-state index < -0.39 is 10.0 Å². The Hall–Kier alpha value is -1.93. The quantitative estimate of drug-likeness (QED) is 0.906. The lowest BCUT2D eigenvalue weighted by Gasteiger charge is -2.21. The molecule has 0 aliphatic carbocycles. The summed E-state index contributed by atoms with van der Waals surface area (Å²) in [7, 11) is -3.20. The first-order valence-electron chi connectivity index (χ1n) is 8.14. The summed E-state index contributed by atoms with van der Waals surface area (Å²) in [6.45, 7) is 5.32. The van der Waals surface area contributed by atoms with Crippen molar-refractivity contribution in [3.8, 4) is 0 Å². The zero-order valence-electron chi connectivity index (χ0n) is 13.9. The van der Waals surface area contributed by atoms with Crippen LogP contribution in [0.3, 0.4) is 0 Å². The van der Waals surface area contributed by atoms with Crippen molar-refractivity contribution in [1.29, 1.82) is 0 Å². The molecule has 130 valence electrons. The Morgan fingerprint density at radius 2 is 2.04 bits per heavy atom. The molecule has 1 aliphatic heterocycles. The fraction of sp³-hybridized carbons (Fsp3) is 0.500. The van der Waals surface area contributed by atoms with Crippen LogP contribution in [-0.2, 0) is 10.0 Å². The number of amides is 1. The second-order valence-electron chi connectivity index (χ2n) is 6.00. The van der Waals surface area contributed by atoms with E-state index in [1.165, 1.54) is 4.31 Å². The lowest BCUT2D eigenvalue weighted by Crippen LogP contribution is -2.37. The first kappa shape index (κ1) is 16.9. The highest BCUT2D eigenvalue weighted by molar-refractivity contribution is 7.89. The van der Waals surface area contributed by atoms with Gasteiger partial charge in [0.2, 0.25) is 10.0 Å². The average molecular weight is 350 g/mol. The number of rotatable bonds is 3. The van der Waals surface area contributed by atoms with Gasteiger partial charge in [0.1, 0.15) is 5.82 Å². The highest BCUT2D eigenvalue weighted by Crippen LogP contribution is 2.17. The molecule has 24 heavy (non-hydrogen) atoms. The number of hydrogen-bond donors (Lipinski definition) is 1. The topological polar surface area (TPSA) is 86.4 Å². The van der Waals surface area contributed by atoms with Crippen LogP contribution in [0.1, 0.15) is 29.5 Å². The molecule has 1 aliphatic rings. The summed E-state index contributed by atoms with van der Waals surface area (Å²) >= 11 is 0. The first-order chi connectivity index (χ1) is 11.4. The maximum Gasteiger partial charge on any atom is 0.253 e. The Morgan fingerprint density at radius 3 is 2.79 bits per heavy atom. The van der Waals surface area contributed by atoms with Crippen LogP contribution >= 0.6 is 0 Å². The second kappa shape index (κ2) is 6.52. The molecule has 2 heterocycles. The van der Waals surface area contributed by atoms with Crippen LogP contribution in [0.25, 0.3) is 11.0 Å². The van der Waals surface area contributed by atoms with E-state index in [1.807, 2.05) is 19.1 Å². The molecular formula is C16H22N4O3S. The minimum atomic E-state index is -3.20. The van der Waals surface area contributed by atoms with E-state index in [-0.39, 0.29) is 11.7 Å². The van der Waals surface area contributed by atoms with E-state index in [4.69, 9.17) is 0 Å². The average Bonchev–Trinajstić information content (AvgIpc) is 2.77. The van der Waals surface area contributed by atoms with Crippen molar-refractivity contribution in [3.63, 3.8) is 0 Å². The lowest BCUT2D eigenvalue weighted by molar-refractivity contribution is 0.0764. The molecule has 1 N–H and O–H groups in total. The Bertz CT molecular complexity index is 859. The van der Waals surface area contributed by atoms with Crippen molar-refractivity contribution in [3.05, 3.63) is 29.6 Å². The molecule has 0 atom stereocenters. The summed E-state index contributed by atoms with van der Waals surface area (Å²) in [5.74, 6) is 0.834. The van der Waals surface area contributed by atoms with Crippen molar-refractivity contribution in [2.24, 2.45) is 0 Å². The van der Waals surface area contributed by atoms with Gasteiger partial charge in [-0.15, -0.1) is 0 Å². The summed E-state index contributed by atoms with van der Waals surface area (Å²) in [5, 5.41) is 0. The van der Waals surface area contributed by atoms with Crippen LogP contribution in [-0.4, -0.2) is 65.4 Å². The number of nitrogens with one attached hydrogen (secondary N) is 1. The van der Waals surface area contributed by atoms with Gasteiger partial charge in [-0.1, -0.05) is 0 Å². The second-order valence-corrected chi connectivity index (χ2v) is 8.26. The van der Waals surface area contributed by atoms with Gasteiger partial charge in [0, 0.05) is 31.7 Å². The van der Waals surface area contributed by atoms with Crippen molar-refractivity contribution in [1.82, 2.24) is 19.2 Å². The molecule has 0 spiro atoms. The van der Waals surface area contributed by atoms with E-state index in [1.54, 1.807) is 17.9 Å². The molecule has 2 aromatic rings. The van der Waals surface area contributed by atoms with E-state index in [9.17, 15) is 13.2 Å². The highest BCUT2D eigenvalue weighted by Gasteiger charge is 2.26. The molecule has 1 aromatic heterocycles. The number of aryl methyl sites for hydroxylation is 1. The number of aromatic nitrogens is 2. The molecule has 1 aromatic carbocycles. The van der Waals surface area contributed by atoms with Gasteiger partial charge in [-0.2, -0.15) is 0 Å². The van der Waals surface area contributed by atoms with Crippen LogP contribution in [0.4, 0.5) is 0 Å². The lowest BCUT2D eigenvalue weighted by atomic mass is 10.1. The molecule has 0 saturated carbocycles. The summed E-state index contributed by atoms with van der Waals surface area (Å²) < 4.78 is 25.5. The van der Waals surface area contributed by atoms with Gasteiger partial charge >= 0.3 is 0 Å². The molecule has 8 heteroatoms. The van der Waals surface area contributed by atoms with Gasteiger partial charge in [0.15, 0.2) is 0 Å². The van der Waals surface area contributed by atoms with E-state index in [0.29, 0.717) is 38.2 Å². The number of carbonyl (C=O) groups excluding carboxylic acids is 1. The molecule has 1 amide bonds. The largest absolute Gasteiger partial charge is 0.342 e. The summed E-state index contributed by atoms with van der Waals surface area (Å²) in [6, 6.07) is 5.41. The standard InChI is InChI=1S/C16H22N4O3S/c1-3-24(22,23)20-8-4-7-19(9-10-20)16(21)13-5-6-14-15(11-13)18-12(2)17-14/h5-6,11H,3-4,7-10H2,1-2H3,(H,17,18). The molecule has 3 rings (SSSR count). The zero-order chi connectivity index (χ0) is 17.3. The Kier molecular flexibility index (Phi) is 4.60. The summed E-state index contributed by atoms with van der Waals surface area (Å²) in [5.41, 5.74) is 2.27. The Labute approximate surface area is 141 Å². The van der Waals surface area contributed by atoms with Crippen LogP contribution in [0, 0.1) is 6.92 Å². The zero-order valence-corrected chi connectivity index (χ0v) is 14.8. The number of nitrogens with zero attached hydrogens (tertiary/aromatic N) is 3. The molecular weight excluding hydrogens is 328 g/mol. The van der Waals surface area contributed by atoms with Crippen molar-refractivity contribution >= 4 is 27.0 Å². The van der Waals surface area contributed by atoms with Crippen molar-refractivity contribution in [2.75, 3.05) is 31.9 Å². The van der Waals surface area contributed by atoms with E-state index in [2.05, 4.69) is 9.97 Å². The third-order valence-electron chi connectivity index (χ3n) is 4.35. The fourth-order valence-electron chi connectivity index (χ4n) is 3.01. The summed E-state index contributed by atoms with van der Waals surface area (Å²) in [4.78, 5) is 22.0. The molecule has 0 bridgehead atoms. The minimum Gasteiger partial charge on any atom is -0.342 e. The number of hydrogen-bond acceptors (Lipinski definition) is 4. The number of benzene rings is 1. The van der Waals surface area contributed by atoms with Gasteiger partial charge in [-0.05, 0) is 38.5 Å². The predicted molar refractivity (Wildman–Crippen MR) is 92.4 cm³/mol. The number of sulfonamides is 1.